The van der Waals surface area contributed by atoms with Crippen molar-refractivity contribution in [2.24, 2.45) is 0 Å². The molecule has 0 aliphatic carbocycles. The molecule has 0 saturated carbocycles. The largest absolute Gasteiger partial charge is 0.324 e. The number of benzene rings is 2. The minimum absolute atomic E-state index is 0.0925. The van der Waals surface area contributed by atoms with Crippen molar-refractivity contribution in [2.75, 3.05) is 5.32 Å². The number of rotatable bonds is 4. The SMILES string of the molecule is Cc1ccccc1NC(=O)Cn1cnc2sc(C)c(-c3ccc(Br)cc3)c2c1=O. The second-order valence-electron chi connectivity index (χ2n) is 6.76. The van der Waals surface area contributed by atoms with E-state index in [0.717, 1.165) is 31.7 Å². The fourth-order valence-corrected chi connectivity index (χ4v) is 4.54. The highest BCUT2D eigenvalue weighted by atomic mass is 79.9. The maximum absolute atomic E-state index is 13.2. The van der Waals surface area contributed by atoms with Gasteiger partial charge in [0.2, 0.25) is 5.91 Å². The molecule has 2 aromatic carbocycles. The van der Waals surface area contributed by atoms with Gasteiger partial charge < -0.3 is 5.32 Å². The van der Waals surface area contributed by atoms with Crippen LogP contribution < -0.4 is 10.9 Å². The van der Waals surface area contributed by atoms with Crippen LogP contribution in [0.5, 0.6) is 0 Å². The molecule has 0 atom stereocenters. The lowest BCUT2D eigenvalue weighted by Gasteiger charge is -2.10. The molecule has 0 aliphatic rings. The lowest BCUT2D eigenvalue weighted by Crippen LogP contribution is -2.28. The number of amides is 1. The average molecular weight is 468 g/mol. The first kappa shape index (κ1) is 19.5. The van der Waals surface area contributed by atoms with E-state index in [0.29, 0.717) is 10.2 Å². The first-order valence-electron chi connectivity index (χ1n) is 9.04. The molecule has 0 spiro atoms. The fourth-order valence-electron chi connectivity index (χ4n) is 3.27. The zero-order valence-electron chi connectivity index (χ0n) is 15.9. The average Bonchev–Trinajstić information content (AvgIpc) is 3.03. The number of hydrogen-bond acceptors (Lipinski definition) is 4. The number of nitrogens with one attached hydrogen (secondary N) is 1. The van der Waals surface area contributed by atoms with E-state index in [1.807, 2.05) is 62.4 Å². The van der Waals surface area contributed by atoms with E-state index < -0.39 is 0 Å². The molecule has 4 aromatic rings. The molecule has 0 saturated heterocycles. The highest BCUT2D eigenvalue weighted by molar-refractivity contribution is 9.10. The summed E-state index contributed by atoms with van der Waals surface area (Å²) in [5.41, 5.74) is 3.33. The zero-order chi connectivity index (χ0) is 20.5. The predicted octanol–water partition coefficient (Wildman–Crippen LogP) is 5.14. The summed E-state index contributed by atoms with van der Waals surface area (Å²) in [5, 5.41) is 3.42. The Kier molecular flexibility index (Phi) is 5.34. The van der Waals surface area contributed by atoms with E-state index in [1.54, 1.807) is 0 Å². The Balaban J connectivity index is 1.71. The summed E-state index contributed by atoms with van der Waals surface area (Å²) in [5.74, 6) is -0.264. The second kappa shape index (κ2) is 7.93. The molecule has 0 aliphatic heterocycles. The Morgan fingerprint density at radius 3 is 2.59 bits per heavy atom. The van der Waals surface area contributed by atoms with Crippen LogP contribution in [0.2, 0.25) is 0 Å². The predicted molar refractivity (Wildman–Crippen MR) is 122 cm³/mol. The number of nitrogens with zero attached hydrogens (tertiary/aromatic N) is 2. The summed E-state index contributed by atoms with van der Waals surface area (Å²) in [6.45, 7) is 3.82. The molecule has 2 heterocycles. The quantitative estimate of drug-likeness (QED) is 0.451. The van der Waals surface area contributed by atoms with Crippen molar-refractivity contribution in [2.45, 2.75) is 20.4 Å². The topological polar surface area (TPSA) is 64.0 Å². The first-order chi connectivity index (χ1) is 13.9. The van der Waals surface area contributed by atoms with Crippen molar-refractivity contribution in [3.8, 4) is 11.1 Å². The van der Waals surface area contributed by atoms with Crippen LogP contribution in [0.15, 0.2) is 64.1 Å². The third-order valence-corrected chi connectivity index (χ3v) is 6.26. The van der Waals surface area contributed by atoms with Crippen LogP contribution in [0.1, 0.15) is 10.4 Å². The molecular weight excluding hydrogens is 450 g/mol. The molecule has 1 amide bonds. The van der Waals surface area contributed by atoms with E-state index in [9.17, 15) is 9.59 Å². The number of aromatic nitrogens is 2. The summed E-state index contributed by atoms with van der Waals surface area (Å²) in [6.07, 6.45) is 1.45. The van der Waals surface area contributed by atoms with Gasteiger partial charge in [0.15, 0.2) is 0 Å². The molecular formula is C22H18BrN3O2S. The summed E-state index contributed by atoms with van der Waals surface area (Å²) in [4.78, 5) is 31.9. The van der Waals surface area contributed by atoms with Crippen LogP contribution in [0.4, 0.5) is 5.69 Å². The molecule has 2 aromatic heterocycles. The molecule has 29 heavy (non-hydrogen) atoms. The van der Waals surface area contributed by atoms with Gasteiger partial charge in [-0.25, -0.2) is 4.98 Å². The maximum Gasteiger partial charge on any atom is 0.263 e. The fraction of sp³-hybridized carbons (Fsp3) is 0.136. The minimum Gasteiger partial charge on any atom is -0.324 e. The molecule has 7 heteroatoms. The van der Waals surface area contributed by atoms with Crippen LogP contribution in [-0.2, 0) is 11.3 Å². The van der Waals surface area contributed by atoms with Crippen molar-refractivity contribution in [3.05, 3.63) is 80.1 Å². The van der Waals surface area contributed by atoms with Crippen molar-refractivity contribution in [1.82, 2.24) is 9.55 Å². The van der Waals surface area contributed by atoms with E-state index in [2.05, 4.69) is 26.2 Å². The van der Waals surface area contributed by atoms with Crippen molar-refractivity contribution < 1.29 is 4.79 Å². The van der Waals surface area contributed by atoms with Crippen LogP contribution in [-0.4, -0.2) is 15.5 Å². The molecule has 0 radical (unpaired) electrons. The number of anilines is 1. The smallest absolute Gasteiger partial charge is 0.263 e. The van der Waals surface area contributed by atoms with Gasteiger partial charge in [0.25, 0.3) is 5.56 Å². The van der Waals surface area contributed by atoms with Gasteiger partial charge in [0, 0.05) is 20.6 Å². The number of halogens is 1. The van der Waals surface area contributed by atoms with Crippen LogP contribution in [0.25, 0.3) is 21.3 Å². The Bertz CT molecular complexity index is 1280. The number of carbonyl (C=O) groups is 1. The van der Waals surface area contributed by atoms with E-state index in [-0.39, 0.29) is 18.0 Å². The molecule has 1 N–H and O–H groups in total. The minimum atomic E-state index is -0.264. The zero-order valence-corrected chi connectivity index (χ0v) is 18.3. The van der Waals surface area contributed by atoms with Gasteiger partial charge in [0.05, 0.1) is 11.7 Å². The summed E-state index contributed by atoms with van der Waals surface area (Å²) >= 11 is 4.93. The Morgan fingerprint density at radius 2 is 1.86 bits per heavy atom. The third kappa shape index (κ3) is 3.88. The second-order valence-corrected chi connectivity index (χ2v) is 8.88. The van der Waals surface area contributed by atoms with Crippen molar-refractivity contribution in [1.29, 1.82) is 0 Å². The number of aryl methyl sites for hydroxylation is 2. The van der Waals surface area contributed by atoms with Crippen molar-refractivity contribution >= 4 is 49.1 Å². The summed E-state index contributed by atoms with van der Waals surface area (Å²) < 4.78 is 2.34. The van der Waals surface area contributed by atoms with Gasteiger partial charge >= 0.3 is 0 Å². The lowest BCUT2D eigenvalue weighted by molar-refractivity contribution is -0.116. The normalized spacial score (nSPS) is 11.0. The lowest BCUT2D eigenvalue weighted by atomic mass is 10.0. The Labute approximate surface area is 180 Å². The monoisotopic (exact) mass is 467 g/mol. The summed E-state index contributed by atoms with van der Waals surface area (Å²) in [6, 6.07) is 15.4. The van der Waals surface area contributed by atoms with E-state index in [1.165, 1.54) is 22.2 Å². The summed E-state index contributed by atoms with van der Waals surface area (Å²) in [7, 11) is 0. The number of hydrogen-bond donors (Lipinski definition) is 1. The molecule has 0 unspecified atom stereocenters. The molecule has 5 nitrogen and oxygen atoms in total. The van der Waals surface area contributed by atoms with Crippen LogP contribution in [0.3, 0.4) is 0 Å². The van der Waals surface area contributed by atoms with E-state index in [4.69, 9.17) is 0 Å². The van der Waals surface area contributed by atoms with Gasteiger partial charge in [-0.15, -0.1) is 11.3 Å². The molecule has 4 rings (SSSR count). The maximum atomic E-state index is 13.2. The van der Waals surface area contributed by atoms with Gasteiger partial charge in [-0.3, -0.25) is 14.2 Å². The molecule has 0 fully saturated rings. The number of para-hydroxylation sites is 1. The third-order valence-electron chi connectivity index (χ3n) is 4.72. The van der Waals surface area contributed by atoms with Crippen LogP contribution in [0, 0.1) is 13.8 Å². The Morgan fingerprint density at radius 1 is 1.14 bits per heavy atom. The Hall–Kier alpha value is -2.77. The first-order valence-corrected chi connectivity index (χ1v) is 10.6. The molecule has 146 valence electrons. The standard InChI is InChI=1S/C22H18BrN3O2S/c1-13-5-3-4-6-17(13)25-18(27)11-26-12-24-21-20(22(26)28)19(14(2)29-21)15-7-9-16(23)10-8-15/h3-10,12H,11H2,1-2H3,(H,25,27). The van der Waals surface area contributed by atoms with Crippen molar-refractivity contribution in [3.63, 3.8) is 0 Å². The van der Waals surface area contributed by atoms with E-state index >= 15 is 0 Å². The highest BCUT2D eigenvalue weighted by Crippen LogP contribution is 2.35. The van der Waals surface area contributed by atoms with Gasteiger partial charge in [-0.1, -0.05) is 46.3 Å². The number of carbonyl (C=O) groups excluding carboxylic acids is 1. The van der Waals surface area contributed by atoms with Crippen LogP contribution >= 0.6 is 27.3 Å². The van der Waals surface area contributed by atoms with Gasteiger partial charge in [0.1, 0.15) is 11.4 Å². The molecule has 0 bridgehead atoms. The van der Waals surface area contributed by atoms with Gasteiger partial charge in [-0.05, 0) is 43.2 Å². The number of thiophene rings is 1. The number of fused-ring (bicyclic) bond motifs is 1. The highest BCUT2D eigenvalue weighted by Gasteiger charge is 2.18. The van der Waals surface area contributed by atoms with Gasteiger partial charge in [-0.2, -0.15) is 0 Å².